The molecule has 0 bridgehead atoms. The number of allylic oxidation sites excluding steroid dienone is 1. The minimum absolute atomic E-state index is 0.680. The Bertz CT molecular complexity index is 534. The highest BCUT2D eigenvalue weighted by Crippen LogP contribution is 2.35. The van der Waals surface area contributed by atoms with Crippen LogP contribution in [0.2, 0.25) is 12.1 Å². The van der Waals surface area contributed by atoms with E-state index in [1.54, 1.807) is 0 Å². The average molecular weight is 309 g/mol. The van der Waals surface area contributed by atoms with Crippen molar-refractivity contribution in [2.75, 3.05) is 0 Å². The van der Waals surface area contributed by atoms with Crippen molar-refractivity contribution >= 4 is 18.4 Å². The molecule has 1 heteroatoms. The van der Waals surface area contributed by atoms with Crippen molar-refractivity contribution in [2.24, 2.45) is 5.92 Å². The van der Waals surface area contributed by atoms with Gasteiger partial charge in [0.1, 0.15) is 8.07 Å². The van der Waals surface area contributed by atoms with Gasteiger partial charge in [0, 0.05) is 0 Å². The summed E-state index contributed by atoms with van der Waals surface area (Å²) in [7, 11) is -1.81. The summed E-state index contributed by atoms with van der Waals surface area (Å²) in [5.74, 6) is 0.704. The predicted molar refractivity (Wildman–Crippen MR) is 102 cm³/mol. The minimum atomic E-state index is -1.81. The molecule has 0 aliphatic carbocycles. The molecule has 22 heavy (non-hydrogen) atoms. The van der Waals surface area contributed by atoms with E-state index in [0.29, 0.717) is 11.5 Å². The fourth-order valence-corrected chi connectivity index (χ4v) is 8.64. The van der Waals surface area contributed by atoms with Gasteiger partial charge in [-0.05, 0) is 17.9 Å². The lowest BCUT2D eigenvalue weighted by atomic mass is 10.0. The first-order valence-corrected chi connectivity index (χ1v) is 10.9. The summed E-state index contributed by atoms with van der Waals surface area (Å²) in [6.45, 7) is 11.3. The fourth-order valence-electron chi connectivity index (χ4n) is 3.66. The molecule has 2 aromatic carbocycles. The molecule has 2 atom stereocenters. The molecule has 0 nitrogen and oxygen atoms in total. The molecule has 0 saturated carbocycles. The molecule has 0 aliphatic rings. The van der Waals surface area contributed by atoms with Crippen LogP contribution in [-0.2, 0) is 0 Å². The second-order valence-corrected chi connectivity index (χ2v) is 10.8. The molecule has 2 aromatic rings. The van der Waals surface area contributed by atoms with E-state index in [4.69, 9.17) is 0 Å². The summed E-state index contributed by atoms with van der Waals surface area (Å²) in [4.78, 5) is 0. The van der Waals surface area contributed by atoms with Crippen LogP contribution < -0.4 is 10.4 Å². The molecule has 0 aromatic heterocycles. The van der Waals surface area contributed by atoms with Crippen molar-refractivity contribution in [1.29, 1.82) is 0 Å². The average Bonchev–Trinajstić information content (AvgIpc) is 2.60. The van der Waals surface area contributed by atoms with Crippen LogP contribution in [-0.4, -0.2) is 8.07 Å². The van der Waals surface area contributed by atoms with Crippen molar-refractivity contribution < 1.29 is 0 Å². The maximum absolute atomic E-state index is 4.04. The van der Waals surface area contributed by atoms with Crippen LogP contribution in [0, 0.1) is 5.92 Å². The Morgan fingerprint density at radius 3 is 1.77 bits per heavy atom. The summed E-state index contributed by atoms with van der Waals surface area (Å²) in [5, 5.41) is 3.07. The van der Waals surface area contributed by atoms with Crippen LogP contribution in [0.25, 0.3) is 0 Å². The molecule has 0 radical (unpaired) electrons. The smallest absolute Gasteiger partial charge is 0.103 e. The zero-order valence-corrected chi connectivity index (χ0v) is 15.1. The Kier molecular flexibility index (Phi) is 5.79. The number of benzene rings is 2. The summed E-state index contributed by atoms with van der Waals surface area (Å²) in [6.07, 6.45) is 4.44. The van der Waals surface area contributed by atoms with Gasteiger partial charge in [0.2, 0.25) is 0 Å². The first-order valence-electron chi connectivity index (χ1n) is 8.36. The Hall–Kier alpha value is -1.60. The van der Waals surface area contributed by atoms with Crippen LogP contribution in [0.15, 0.2) is 73.3 Å². The number of hydrogen-bond donors (Lipinski definition) is 0. The minimum Gasteiger partial charge on any atom is -0.103 e. The predicted octanol–water partition coefficient (Wildman–Crippen LogP) is 4.87. The Morgan fingerprint density at radius 1 is 0.955 bits per heavy atom. The van der Waals surface area contributed by atoms with E-state index < -0.39 is 8.07 Å². The third-order valence-corrected chi connectivity index (χ3v) is 10.6. The van der Waals surface area contributed by atoms with Gasteiger partial charge in [-0.1, -0.05) is 104 Å². The van der Waals surface area contributed by atoms with Crippen molar-refractivity contribution in [2.45, 2.75) is 38.8 Å². The van der Waals surface area contributed by atoms with Gasteiger partial charge < -0.3 is 0 Å². The van der Waals surface area contributed by atoms with Crippen molar-refractivity contribution in [3.8, 4) is 0 Å². The zero-order valence-electron chi connectivity index (χ0n) is 14.1. The maximum Gasteiger partial charge on any atom is 0.118 e. The highest BCUT2D eigenvalue weighted by atomic mass is 28.3. The summed E-state index contributed by atoms with van der Waals surface area (Å²) in [6, 6.07) is 22.3. The van der Waals surface area contributed by atoms with Crippen LogP contribution in [0.3, 0.4) is 0 Å². The molecule has 0 amide bonds. The van der Waals surface area contributed by atoms with Gasteiger partial charge in [0.15, 0.2) is 0 Å². The van der Waals surface area contributed by atoms with Crippen molar-refractivity contribution in [3.05, 3.63) is 73.3 Å². The zero-order chi connectivity index (χ0) is 16.0. The molecule has 116 valence electrons. The standard InChI is InChI=1S/C21H28Si/c1-5-13-21(18(3)6-2)22(4,19-14-9-7-10-15-19)20-16-11-8-12-17-20/h5,7-12,14-18,21H,1,6,13H2,2-4H3. The van der Waals surface area contributed by atoms with Gasteiger partial charge in [0.25, 0.3) is 0 Å². The molecule has 0 aliphatic heterocycles. The summed E-state index contributed by atoms with van der Waals surface area (Å²) >= 11 is 0. The molecular formula is C21H28Si. The lowest BCUT2D eigenvalue weighted by Crippen LogP contribution is -2.60. The monoisotopic (exact) mass is 308 g/mol. The molecule has 0 heterocycles. The van der Waals surface area contributed by atoms with Crippen molar-refractivity contribution in [3.63, 3.8) is 0 Å². The SMILES string of the molecule is C=CCC(C(C)CC)[Si](C)(c1ccccc1)c1ccccc1. The lowest BCUT2D eigenvalue weighted by Gasteiger charge is -2.40. The summed E-state index contributed by atoms with van der Waals surface area (Å²) < 4.78 is 0. The third-order valence-electron chi connectivity index (χ3n) is 5.24. The highest BCUT2D eigenvalue weighted by Gasteiger charge is 2.41. The van der Waals surface area contributed by atoms with Crippen molar-refractivity contribution in [1.82, 2.24) is 0 Å². The first kappa shape index (κ1) is 16.8. The van der Waals surface area contributed by atoms with Gasteiger partial charge >= 0.3 is 0 Å². The first-order chi connectivity index (χ1) is 10.6. The van der Waals surface area contributed by atoms with Crippen LogP contribution in [0.1, 0.15) is 26.7 Å². The Morgan fingerprint density at radius 2 is 1.41 bits per heavy atom. The normalized spacial score (nSPS) is 14.3. The van der Waals surface area contributed by atoms with Crippen LogP contribution >= 0.6 is 0 Å². The maximum atomic E-state index is 4.04. The highest BCUT2D eigenvalue weighted by molar-refractivity contribution is 7.02. The third kappa shape index (κ3) is 3.25. The number of rotatable bonds is 7. The van der Waals surface area contributed by atoms with E-state index in [9.17, 15) is 0 Å². The Balaban J connectivity index is 2.61. The Labute approximate surface area is 136 Å². The lowest BCUT2D eigenvalue weighted by molar-refractivity contribution is 0.511. The van der Waals surface area contributed by atoms with Crippen LogP contribution in [0.5, 0.6) is 0 Å². The largest absolute Gasteiger partial charge is 0.118 e. The second-order valence-electron chi connectivity index (χ2n) is 6.45. The summed E-state index contributed by atoms with van der Waals surface area (Å²) in [5.41, 5.74) is 0.680. The number of hydrogen-bond acceptors (Lipinski definition) is 0. The van der Waals surface area contributed by atoms with E-state index >= 15 is 0 Å². The topological polar surface area (TPSA) is 0 Å². The van der Waals surface area contributed by atoms with Gasteiger partial charge in [-0.2, -0.15) is 0 Å². The molecular weight excluding hydrogens is 280 g/mol. The van der Waals surface area contributed by atoms with E-state index in [0.717, 1.165) is 6.42 Å². The van der Waals surface area contributed by atoms with Gasteiger partial charge in [0.05, 0.1) is 0 Å². The molecule has 0 spiro atoms. The van der Waals surface area contributed by atoms with E-state index in [1.807, 2.05) is 0 Å². The van der Waals surface area contributed by atoms with E-state index in [1.165, 1.54) is 16.8 Å². The van der Waals surface area contributed by atoms with Gasteiger partial charge in [-0.25, -0.2) is 0 Å². The van der Waals surface area contributed by atoms with E-state index in [2.05, 4.69) is 93.7 Å². The van der Waals surface area contributed by atoms with E-state index in [-0.39, 0.29) is 0 Å². The van der Waals surface area contributed by atoms with Gasteiger partial charge in [-0.15, -0.1) is 6.58 Å². The molecule has 0 saturated heterocycles. The molecule has 2 unspecified atom stereocenters. The second kappa shape index (κ2) is 7.60. The fraction of sp³-hybridized carbons (Fsp3) is 0.333. The van der Waals surface area contributed by atoms with Gasteiger partial charge in [-0.3, -0.25) is 0 Å². The molecule has 0 N–H and O–H groups in total. The molecule has 2 rings (SSSR count). The van der Waals surface area contributed by atoms with Crippen LogP contribution in [0.4, 0.5) is 0 Å². The quantitative estimate of drug-likeness (QED) is 0.505. The molecule has 0 fully saturated rings.